The summed E-state index contributed by atoms with van der Waals surface area (Å²) in [6.45, 7) is 3.69. The first kappa shape index (κ1) is 13.1. The third kappa shape index (κ3) is 2.58. The first-order valence-corrected chi connectivity index (χ1v) is 8.64. The molecule has 1 aliphatic rings. The molecule has 2 heterocycles. The van der Waals surface area contributed by atoms with Gasteiger partial charge in [0.25, 0.3) is 0 Å². The quantitative estimate of drug-likeness (QED) is 0.684. The zero-order valence-electron chi connectivity index (χ0n) is 9.99. The van der Waals surface area contributed by atoms with Gasteiger partial charge in [-0.05, 0) is 6.26 Å². The van der Waals surface area contributed by atoms with Crippen molar-refractivity contribution in [1.29, 1.82) is 0 Å². The van der Waals surface area contributed by atoms with Gasteiger partial charge in [0, 0.05) is 31.5 Å². The number of Topliss-reactive ketones (excluding diaryl/α,β-unsaturated/α-hetero) is 1. The number of nitrogen functional groups attached to an aromatic ring is 1. The number of anilines is 2. The number of hydrogen-bond donors (Lipinski definition) is 1. The molecule has 3 nitrogen and oxygen atoms in total. The Morgan fingerprint density at radius 1 is 1.41 bits per heavy atom. The lowest BCUT2D eigenvalue weighted by Crippen LogP contribution is -2.32. The molecule has 1 saturated heterocycles. The number of nitrogens with zero attached hydrogens (tertiary/aromatic N) is 1. The minimum absolute atomic E-state index is 0.0698. The molecule has 1 aromatic heterocycles. The fourth-order valence-electron chi connectivity index (χ4n) is 1.85. The van der Waals surface area contributed by atoms with Gasteiger partial charge >= 0.3 is 0 Å². The van der Waals surface area contributed by atoms with Crippen LogP contribution in [0.15, 0.2) is 4.90 Å². The second kappa shape index (κ2) is 5.54. The predicted molar refractivity (Wildman–Crippen MR) is 80.1 cm³/mol. The lowest BCUT2D eigenvalue weighted by Gasteiger charge is -2.27. The Kier molecular flexibility index (Phi) is 4.27. The summed E-state index contributed by atoms with van der Waals surface area (Å²) in [5.41, 5.74) is 6.73. The number of thiophene rings is 1. The number of ketones is 1. The average molecular weight is 288 g/mol. The van der Waals surface area contributed by atoms with Crippen LogP contribution in [0.1, 0.15) is 16.6 Å². The van der Waals surface area contributed by atoms with Crippen LogP contribution in [-0.4, -0.2) is 36.6 Å². The SMILES string of the molecule is CSc1c(N2CCSCC2)sc(C(C)=O)c1N. The van der Waals surface area contributed by atoms with Crippen molar-refractivity contribution in [2.45, 2.75) is 11.8 Å². The van der Waals surface area contributed by atoms with Gasteiger partial charge in [0.15, 0.2) is 5.78 Å². The highest BCUT2D eigenvalue weighted by atomic mass is 32.2. The zero-order valence-corrected chi connectivity index (χ0v) is 12.4. The van der Waals surface area contributed by atoms with E-state index >= 15 is 0 Å². The molecule has 0 saturated carbocycles. The van der Waals surface area contributed by atoms with Crippen LogP contribution in [0.5, 0.6) is 0 Å². The highest BCUT2D eigenvalue weighted by Gasteiger charge is 2.23. The summed E-state index contributed by atoms with van der Waals surface area (Å²) < 4.78 is 0. The average Bonchev–Trinajstić information content (AvgIpc) is 2.67. The first-order valence-electron chi connectivity index (χ1n) is 5.45. The molecule has 1 aliphatic heterocycles. The maximum atomic E-state index is 11.5. The molecule has 0 amide bonds. The van der Waals surface area contributed by atoms with Gasteiger partial charge in [-0.2, -0.15) is 11.8 Å². The Hall–Kier alpha value is -0.330. The van der Waals surface area contributed by atoms with Crippen molar-refractivity contribution in [2.75, 3.05) is 41.5 Å². The second-order valence-electron chi connectivity index (χ2n) is 3.84. The normalized spacial score (nSPS) is 16.2. The third-order valence-corrected chi connectivity index (χ3v) is 5.96. The van der Waals surface area contributed by atoms with Gasteiger partial charge in [0.2, 0.25) is 0 Å². The van der Waals surface area contributed by atoms with E-state index in [1.165, 1.54) is 5.00 Å². The summed E-state index contributed by atoms with van der Waals surface area (Å²) in [7, 11) is 0. The van der Waals surface area contributed by atoms with Crippen molar-refractivity contribution < 1.29 is 4.79 Å². The number of nitrogens with two attached hydrogens (primary N) is 1. The van der Waals surface area contributed by atoms with Gasteiger partial charge in [-0.1, -0.05) is 0 Å². The fraction of sp³-hybridized carbons (Fsp3) is 0.545. The molecule has 94 valence electrons. The molecular formula is C11H16N2OS3. The molecule has 0 aliphatic carbocycles. The van der Waals surface area contributed by atoms with Crippen molar-refractivity contribution in [3.63, 3.8) is 0 Å². The molecule has 6 heteroatoms. The van der Waals surface area contributed by atoms with Gasteiger partial charge in [0.1, 0.15) is 5.00 Å². The molecule has 1 fully saturated rings. The highest BCUT2D eigenvalue weighted by molar-refractivity contribution is 7.99. The number of thioether (sulfide) groups is 2. The smallest absolute Gasteiger partial charge is 0.171 e. The number of rotatable bonds is 3. The summed E-state index contributed by atoms with van der Waals surface area (Å²) in [6.07, 6.45) is 2.02. The van der Waals surface area contributed by atoms with Crippen molar-refractivity contribution in [1.82, 2.24) is 0 Å². The summed E-state index contributed by atoms with van der Waals surface area (Å²) in [5, 5.41) is 1.18. The largest absolute Gasteiger partial charge is 0.396 e. The number of carbonyl (C=O) groups excluding carboxylic acids is 1. The van der Waals surface area contributed by atoms with E-state index in [9.17, 15) is 4.79 Å². The van der Waals surface area contributed by atoms with E-state index in [1.807, 2.05) is 18.0 Å². The van der Waals surface area contributed by atoms with E-state index < -0.39 is 0 Å². The molecule has 1 aromatic rings. The van der Waals surface area contributed by atoms with Gasteiger partial charge < -0.3 is 10.6 Å². The van der Waals surface area contributed by atoms with Gasteiger partial charge in [-0.15, -0.1) is 23.1 Å². The van der Waals surface area contributed by atoms with Crippen molar-refractivity contribution >= 4 is 51.3 Å². The van der Waals surface area contributed by atoms with Crippen LogP contribution in [0.4, 0.5) is 10.7 Å². The van der Waals surface area contributed by atoms with Crippen molar-refractivity contribution in [3.05, 3.63) is 4.88 Å². The maximum Gasteiger partial charge on any atom is 0.171 e. The molecular weight excluding hydrogens is 272 g/mol. The molecule has 0 spiro atoms. The topological polar surface area (TPSA) is 46.3 Å². The van der Waals surface area contributed by atoms with Crippen LogP contribution in [0, 0.1) is 0 Å². The predicted octanol–water partition coefficient (Wildman–Crippen LogP) is 2.81. The van der Waals surface area contributed by atoms with Crippen LogP contribution >= 0.6 is 34.9 Å². The van der Waals surface area contributed by atoms with E-state index in [1.54, 1.807) is 30.0 Å². The summed E-state index contributed by atoms with van der Waals surface area (Å²) in [6, 6.07) is 0. The molecule has 0 atom stereocenters. The molecule has 2 rings (SSSR count). The lowest BCUT2D eigenvalue weighted by molar-refractivity contribution is 0.102. The van der Waals surface area contributed by atoms with Crippen molar-refractivity contribution in [2.24, 2.45) is 0 Å². The van der Waals surface area contributed by atoms with Crippen molar-refractivity contribution in [3.8, 4) is 0 Å². The molecule has 2 N–H and O–H groups in total. The van der Waals surface area contributed by atoms with Crippen LogP contribution in [0.3, 0.4) is 0 Å². The van der Waals surface area contributed by atoms with Crippen LogP contribution < -0.4 is 10.6 Å². The van der Waals surface area contributed by atoms with Gasteiger partial charge in [0.05, 0.1) is 15.5 Å². The molecule has 17 heavy (non-hydrogen) atoms. The highest BCUT2D eigenvalue weighted by Crippen LogP contribution is 2.44. The molecule has 0 unspecified atom stereocenters. The molecule has 0 radical (unpaired) electrons. The Labute approximate surface area is 114 Å². The van der Waals surface area contributed by atoms with E-state index in [2.05, 4.69) is 4.90 Å². The molecule has 0 aromatic carbocycles. The fourth-order valence-corrected chi connectivity index (χ4v) is 4.88. The number of hydrogen-bond acceptors (Lipinski definition) is 6. The monoisotopic (exact) mass is 288 g/mol. The zero-order chi connectivity index (χ0) is 12.4. The summed E-state index contributed by atoms with van der Waals surface area (Å²) >= 11 is 5.17. The maximum absolute atomic E-state index is 11.5. The summed E-state index contributed by atoms with van der Waals surface area (Å²) in [5.74, 6) is 2.38. The minimum Gasteiger partial charge on any atom is -0.396 e. The lowest BCUT2D eigenvalue weighted by atomic mass is 10.3. The molecule has 0 bridgehead atoms. The Morgan fingerprint density at radius 3 is 2.59 bits per heavy atom. The van der Waals surface area contributed by atoms with E-state index in [4.69, 9.17) is 5.73 Å². The van der Waals surface area contributed by atoms with Gasteiger partial charge in [-0.3, -0.25) is 4.79 Å². The number of carbonyl (C=O) groups is 1. The van der Waals surface area contributed by atoms with Gasteiger partial charge in [-0.25, -0.2) is 0 Å². The Morgan fingerprint density at radius 2 is 2.06 bits per heavy atom. The van der Waals surface area contributed by atoms with Crippen LogP contribution in [0.25, 0.3) is 0 Å². The first-order chi connectivity index (χ1) is 8.15. The van der Waals surface area contributed by atoms with E-state index in [0.29, 0.717) is 10.6 Å². The standard InChI is InChI=1S/C11H16N2OS3/c1-7(14)9-8(12)10(15-2)11(17-9)13-3-5-16-6-4-13/h3-6,12H2,1-2H3. The van der Waals surface area contributed by atoms with Crippen LogP contribution in [-0.2, 0) is 0 Å². The summed E-state index contributed by atoms with van der Waals surface area (Å²) in [4.78, 5) is 15.7. The Balaban J connectivity index is 2.38. The van der Waals surface area contributed by atoms with Crippen LogP contribution in [0.2, 0.25) is 0 Å². The third-order valence-electron chi connectivity index (χ3n) is 2.70. The van der Waals surface area contributed by atoms with E-state index in [0.717, 1.165) is 29.5 Å². The Bertz CT molecular complexity index is 425. The second-order valence-corrected chi connectivity index (χ2v) is 6.88. The minimum atomic E-state index is 0.0698. The van der Waals surface area contributed by atoms with E-state index in [-0.39, 0.29) is 5.78 Å².